The maximum atomic E-state index is 13.2. The topological polar surface area (TPSA) is 69.0 Å². The van der Waals surface area contributed by atoms with Gasteiger partial charge in [-0.05, 0) is 55.8 Å². The highest BCUT2D eigenvalue weighted by Gasteiger charge is 2.37. The maximum absolute atomic E-state index is 13.2. The molecule has 1 aliphatic heterocycles. The number of nitrogens with one attached hydrogen (secondary N) is 1. The zero-order chi connectivity index (χ0) is 19.5. The van der Waals surface area contributed by atoms with E-state index in [4.69, 9.17) is 4.74 Å². The molecule has 144 valence electrons. The van der Waals surface area contributed by atoms with Gasteiger partial charge < -0.3 is 10.1 Å². The summed E-state index contributed by atoms with van der Waals surface area (Å²) in [5.74, 6) is -0.718. The predicted molar refractivity (Wildman–Crippen MR) is 101 cm³/mol. The number of hydrogen-bond acceptors (Lipinski definition) is 4. The summed E-state index contributed by atoms with van der Waals surface area (Å²) in [6.07, 6.45) is 3.58. The van der Waals surface area contributed by atoms with Crippen LogP contribution in [0, 0.1) is 11.7 Å². The van der Waals surface area contributed by atoms with Gasteiger partial charge in [0, 0.05) is 19.0 Å². The molecule has 6 nitrogen and oxygen atoms in total. The zero-order valence-electron chi connectivity index (χ0n) is 15.5. The fraction of sp³-hybridized carbons (Fsp3) is 0.286. The molecule has 0 bridgehead atoms. The highest BCUT2D eigenvalue weighted by atomic mass is 19.1. The van der Waals surface area contributed by atoms with Crippen molar-refractivity contribution < 1.29 is 13.9 Å². The van der Waals surface area contributed by atoms with E-state index in [1.165, 1.54) is 12.1 Å². The molecule has 0 radical (unpaired) electrons. The summed E-state index contributed by atoms with van der Waals surface area (Å²) in [6.45, 7) is 2.41. The lowest BCUT2D eigenvalue weighted by atomic mass is 9.97. The van der Waals surface area contributed by atoms with E-state index in [9.17, 15) is 9.18 Å². The highest BCUT2D eigenvalue weighted by molar-refractivity contribution is 5.80. The number of rotatable bonds is 5. The Balaban J connectivity index is 1.54. The Kier molecular flexibility index (Phi) is 5.16. The number of benzene rings is 1. The number of ether oxygens (including phenoxy) is 1. The molecule has 1 aliphatic rings. The molecule has 1 aromatic carbocycles. The molecule has 2 aromatic heterocycles. The summed E-state index contributed by atoms with van der Waals surface area (Å²) in [6, 6.07) is 13.3. The van der Waals surface area contributed by atoms with Crippen molar-refractivity contribution in [1.82, 2.24) is 20.1 Å². The highest BCUT2D eigenvalue weighted by Crippen LogP contribution is 2.36. The summed E-state index contributed by atoms with van der Waals surface area (Å²) in [7, 11) is 0. The van der Waals surface area contributed by atoms with E-state index in [1.54, 1.807) is 29.2 Å². The molecular weight excluding hydrogens is 359 g/mol. The van der Waals surface area contributed by atoms with E-state index < -0.39 is 6.10 Å². The molecule has 4 rings (SSSR count). The van der Waals surface area contributed by atoms with Crippen LogP contribution in [0.2, 0.25) is 0 Å². The van der Waals surface area contributed by atoms with Crippen molar-refractivity contribution in [1.29, 1.82) is 0 Å². The lowest BCUT2D eigenvalue weighted by Crippen LogP contribution is -2.35. The third-order valence-corrected chi connectivity index (χ3v) is 4.95. The molecule has 1 N–H and O–H groups in total. The van der Waals surface area contributed by atoms with Crippen LogP contribution in [0.15, 0.2) is 60.9 Å². The van der Waals surface area contributed by atoms with Crippen LogP contribution in [0.25, 0.3) is 5.69 Å². The number of carbonyl (C=O) groups is 1. The standard InChI is InChI=1S/C21H21FN4O2/c1-14(18-4-2-3-11-23-18)25-21(27)17-10-13-28-20(17)19-9-12-24-26(19)16-7-5-15(22)6-8-16/h2-9,11-12,14,17,20H,10,13H2,1H3,(H,25,27)/t14-,17-,20-/m0/s1. The van der Waals surface area contributed by atoms with Gasteiger partial charge in [0.2, 0.25) is 5.91 Å². The lowest BCUT2D eigenvalue weighted by molar-refractivity contribution is -0.127. The summed E-state index contributed by atoms with van der Waals surface area (Å²) in [5.41, 5.74) is 2.30. The number of nitrogens with zero attached hydrogens (tertiary/aromatic N) is 3. The van der Waals surface area contributed by atoms with Crippen LogP contribution in [0.3, 0.4) is 0 Å². The molecule has 0 spiro atoms. The largest absolute Gasteiger partial charge is 0.371 e. The number of carbonyl (C=O) groups excluding carboxylic acids is 1. The first-order valence-electron chi connectivity index (χ1n) is 9.26. The molecule has 0 aliphatic carbocycles. The van der Waals surface area contributed by atoms with Crippen LogP contribution >= 0.6 is 0 Å². The first-order valence-corrected chi connectivity index (χ1v) is 9.26. The Morgan fingerprint density at radius 3 is 2.79 bits per heavy atom. The second kappa shape index (κ2) is 7.90. The van der Waals surface area contributed by atoms with Gasteiger partial charge in [-0.1, -0.05) is 6.07 Å². The molecule has 1 amide bonds. The van der Waals surface area contributed by atoms with Crippen LogP contribution in [0.5, 0.6) is 0 Å². The minimum absolute atomic E-state index is 0.0764. The number of halogens is 1. The van der Waals surface area contributed by atoms with Gasteiger partial charge in [-0.15, -0.1) is 0 Å². The number of hydrogen-bond donors (Lipinski definition) is 1. The minimum Gasteiger partial charge on any atom is -0.371 e. The van der Waals surface area contributed by atoms with Crippen molar-refractivity contribution >= 4 is 5.91 Å². The van der Waals surface area contributed by atoms with Crippen molar-refractivity contribution in [3.05, 3.63) is 78.1 Å². The quantitative estimate of drug-likeness (QED) is 0.737. The summed E-state index contributed by atoms with van der Waals surface area (Å²) in [4.78, 5) is 17.2. The molecule has 7 heteroatoms. The van der Waals surface area contributed by atoms with Crippen molar-refractivity contribution in [3.63, 3.8) is 0 Å². The molecule has 1 saturated heterocycles. The molecule has 3 heterocycles. The molecular formula is C21H21FN4O2. The molecule has 0 unspecified atom stereocenters. The predicted octanol–water partition coefficient (Wildman–Crippen LogP) is 3.36. The molecule has 1 fully saturated rings. The summed E-state index contributed by atoms with van der Waals surface area (Å²) < 4.78 is 20.8. The second-order valence-electron chi connectivity index (χ2n) is 6.82. The monoisotopic (exact) mass is 380 g/mol. The van der Waals surface area contributed by atoms with Gasteiger partial charge in [-0.2, -0.15) is 5.10 Å². The Bertz CT molecular complexity index is 943. The van der Waals surface area contributed by atoms with Gasteiger partial charge in [0.1, 0.15) is 11.9 Å². The fourth-order valence-electron chi connectivity index (χ4n) is 3.50. The molecule has 3 aromatic rings. The number of aromatic nitrogens is 3. The van der Waals surface area contributed by atoms with E-state index in [0.29, 0.717) is 13.0 Å². The Labute approximate surface area is 162 Å². The van der Waals surface area contributed by atoms with Gasteiger partial charge in [-0.25, -0.2) is 9.07 Å². The minimum atomic E-state index is -0.413. The van der Waals surface area contributed by atoms with Gasteiger partial charge in [0.25, 0.3) is 0 Å². The number of amides is 1. The van der Waals surface area contributed by atoms with E-state index >= 15 is 0 Å². The first kappa shape index (κ1) is 18.3. The first-order chi connectivity index (χ1) is 13.6. The van der Waals surface area contributed by atoms with Gasteiger partial charge in [0.15, 0.2) is 0 Å². The summed E-state index contributed by atoms with van der Waals surface area (Å²) in [5, 5.41) is 7.37. The number of pyridine rings is 1. The normalized spacial score (nSPS) is 20.1. The van der Waals surface area contributed by atoms with Crippen LogP contribution in [0.1, 0.15) is 36.9 Å². The molecule has 0 saturated carbocycles. The van der Waals surface area contributed by atoms with Crippen LogP contribution in [-0.2, 0) is 9.53 Å². The van der Waals surface area contributed by atoms with Crippen LogP contribution in [-0.4, -0.2) is 27.3 Å². The SMILES string of the molecule is C[C@H](NC(=O)[C@H]1CCO[C@@H]1c1ccnn1-c1ccc(F)cc1)c1ccccn1. The van der Waals surface area contributed by atoms with E-state index in [2.05, 4.69) is 15.4 Å². The van der Waals surface area contributed by atoms with Crippen molar-refractivity contribution in [2.75, 3.05) is 6.61 Å². The average Bonchev–Trinajstić information content (AvgIpc) is 3.38. The Morgan fingerprint density at radius 2 is 2.04 bits per heavy atom. The lowest BCUT2D eigenvalue weighted by Gasteiger charge is -2.21. The smallest absolute Gasteiger partial charge is 0.226 e. The fourth-order valence-corrected chi connectivity index (χ4v) is 3.50. The average molecular weight is 380 g/mol. The van der Waals surface area contributed by atoms with Crippen molar-refractivity contribution in [2.24, 2.45) is 5.92 Å². The van der Waals surface area contributed by atoms with E-state index in [1.807, 2.05) is 31.2 Å². The maximum Gasteiger partial charge on any atom is 0.226 e. The van der Waals surface area contributed by atoms with Crippen LogP contribution < -0.4 is 5.32 Å². The molecule has 3 atom stereocenters. The second-order valence-corrected chi connectivity index (χ2v) is 6.82. The van der Waals surface area contributed by atoms with Crippen LogP contribution in [0.4, 0.5) is 4.39 Å². The third kappa shape index (κ3) is 3.66. The molecule has 28 heavy (non-hydrogen) atoms. The van der Waals surface area contributed by atoms with Gasteiger partial charge in [0.05, 0.1) is 29.0 Å². The van der Waals surface area contributed by atoms with Gasteiger partial charge >= 0.3 is 0 Å². The zero-order valence-corrected chi connectivity index (χ0v) is 15.5. The van der Waals surface area contributed by atoms with E-state index in [0.717, 1.165) is 17.1 Å². The Morgan fingerprint density at radius 1 is 1.21 bits per heavy atom. The van der Waals surface area contributed by atoms with Gasteiger partial charge in [-0.3, -0.25) is 9.78 Å². The van der Waals surface area contributed by atoms with Crippen molar-refractivity contribution in [3.8, 4) is 5.69 Å². The summed E-state index contributed by atoms with van der Waals surface area (Å²) >= 11 is 0. The van der Waals surface area contributed by atoms with Crippen molar-refractivity contribution in [2.45, 2.75) is 25.5 Å². The Hall–Kier alpha value is -3.06. The third-order valence-electron chi connectivity index (χ3n) is 4.95. The van der Waals surface area contributed by atoms with E-state index in [-0.39, 0.29) is 23.7 Å².